The van der Waals surface area contributed by atoms with Gasteiger partial charge in [-0.25, -0.2) is 0 Å². The molecular weight excluding hydrogens is 286 g/mol. The van der Waals surface area contributed by atoms with Gasteiger partial charge in [-0.3, -0.25) is 0 Å². The van der Waals surface area contributed by atoms with Gasteiger partial charge in [-0.15, -0.1) is 6.42 Å². The second-order valence-electron chi connectivity index (χ2n) is 4.15. The molecule has 0 aromatic heterocycles. The second-order valence-corrected chi connectivity index (χ2v) is 5.06. The Hall–Kier alpha value is -1.72. The van der Waals surface area contributed by atoms with E-state index in [0.29, 0.717) is 0 Å². The van der Waals surface area contributed by atoms with Gasteiger partial charge in [0, 0.05) is 21.8 Å². The summed E-state index contributed by atoms with van der Waals surface area (Å²) in [5, 5.41) is 3.44. The van der Waals surface area contributed by atoms with Crippen molar-refractivity contribution in [2.45, 2.75) is 13.0 Å². The summed E-state index contributed by atoms with van der Waals surface area (Å²) in [6.45, 7) is 2.13. The number of hydrogen-bond acceptors (Lipinski definition) is 1. The fraction of sp³-hybridized carbons (Fsp3) is 0.125. The molecule has 0 aliphatic carbocycles. The lowest BCUT2D eigenvalue weighted by Gasteiger charge is -2.16. The first-order chi connectivity index (χ1) is 8.69. The number of halogens is 1. The molecule has 0 spiro atoms. The Balaban J connectivity index is 2.16. The van der Waals surface area contributed by atoms with Gasteiger partial charge in [-0.05, 0) is 42.8 Å². The molecule has 0 fully saturated rings. The Kier molecular flexibility index (Phi) is 4.07. The van der Waals surface area contributed by atoms with Gasteiger partial charge in [0.25, 0.3) is 0 Å². The van der Waals surface area contributed by atoms with Crippen LogP contribution in [0.5, 0.6) is 0 Å². The lowest BCUT2D eigenvalue weighted by Crippen LogP contribution is -2.06. The molecule has 1 atom stereocenters. The SMILES string of the molecule is C#Cc1cccc(NC(C)c2cccc(Br)c2)c1. The van der Waals surface area contributed by atoms with Crippen LogP contribution >= 0.6 is 15.9 Å². The molecule has 90 valence electrons. The van der Waals surface area contributed by atoms with E-state index in [2.05, 4.69) is 46.2 Å². The van der Waals surface area contributed by atoms with Gasteiger partial charge in [-0.1, -0.05) is 40.0 Å². The summed E-state index contributed by atoms with van der Waals surface area (Å²) in [6, 6.07) is 16.4. The summed E-state index contributed by atoms with van der Waals surface area (Å²) in [5.74, 6) is 2.64. The smallest absolute Gasteiger partial charge is 0.0486 e. The maximum Gasteiger partial charge on any atom is 0.0486 e. The van der Waals surface area contributed by atoms with Gasteiger partial charge in [0.2, 0.25) is 0 Å². The molecule has 1 N–H and O–H groups in total. The highest BCUT2D eigenvalue weighted by Gasteiger charge is 2.05. The number of anilines is 1. The third-order valence-corrected chi connectivity index (χ3v) is 3.25. The highest BCUT2D eigenvalue weighted by molar-refractivity contribution is 9.10. The predicted octanol–water partition coefficient (Wildman–Crippen LogP) is 4.60. The number of rotatable bonds is 3. The maximum atomic E-state index is 5.40. The van der Waals surface area contributed by atoms with Crippen molar-refractivity contribution in [1.82, 2.24) is 0 Å². The quantitative estimate of drug-likeness (QED) is 0.817. The van der Waals surface area contributed by atoms with Crippen LogP contribution in [0.2, 0.25) is 0 Å². The summed E-state index contributed by atoms with van der Waals surface area (Å²) < 4.78 is 1.09. The van der Waals surface area contributed by atoms with Gasteiger partial charge >= 0.3 is 0 Å². The largest absolute Gasteiger partial charge is 0.378 e. The van der Waals surface area contributed by atoms with Crippen LogP contribution in [0.3, 0.4) is 0 Å². The summed E-state index contributed by atoms with van der Waals surface area (Å²) in [6.07, 6.45) is 5.40. The van der Waals surface area contributed by atoms with E-state index < -0.39 is 0 Å². The molecule has 0 aliphatic heterocycles. The zero-order chi connectivity index (χ0) is 13.0. The Bertz CT molecular complexity index is 584. The van der Waals surface area contributed by atoms with Gasteiger partial charge < -0.3 is 5.32 Å². The Labute approximate surface area is 116 Å². The van der Waals surface area contributed by atoms with Gasteiger partial charge in [0.15, 0.2) is 0 Å². The zero-order valence-corrected chi connectivity index (χ0v) is 11.7. The van der Waals surface area contributed by atoms with E-state index in [1.807, 2.05) is 36.4 Å². The van der Waals surface area contributed by atoms with Crippen LogP contribution in [0.25, 0.3) is 0 Å². The van der Waals surface area contributed by atoms with Crippen molar-refractivity contribution in [3.63, 3.8) is 0 Å². The highest BCUT2D eigenvalue weighted by atomic mass is 79.9. The molecule has 0 aliphatic rings. The molecule has 2 aromatic carbocycles. The fourth-order valence-corrected chi connectivity index (χ4v) is 2.22. The van der Waals surface area contributed by atoms with E-state index in [1.54, 1.807) is 0 Å². The average Bonchev–Trinajstić information content (AvgIpc) is 2.39. The third kappa shape index (κ3) is 3.15. The number of hydrogen-bond donors (Lipinski definition) is 1. The number of terminal acetylenes is 1. The molecule has 0 bridgehead atoms. The molecule has 0 radical (unpaired) electrons. The zero-order valence-electron chi connectivity index (χ0n) is 10.2. The van der Waals surface area contributed by atoms with Crippen LogP contribution in [0.1, 0.15) is 24.1 Å². The van der Waals surface area contributed by atoms with Crippen LogP contribution < -0.4 is 5.32 Å². The molecule has 2 rings (SSSR count). The summed E-state index contributed by atoms with van der Waals surface area (Å²) in [4.78, 5) is 0. The van der Waals surface area contributed by atoms with Crippen LogP contribution in [-0.4, -0.2) is 0 Å². The normalized spacial score (nSPS) is 11.6. The first kappa shape index (κ1) is 12.7. The standard InChI is InChI=1S/C16H14BrN/c1-3-13-6-4-9-16(10-13)18-12(2)14-7-5-8-15(17)11-14/h1,4-12,18H,2H3. The lowest BCUT2D eigenvalue weighted by atomic mass is 10.1. The van der Waals surface area contributed by atoms with Crippen molar-refractivity contribution < 1.29 is 0 Å². The third-order valence-electron chi connectivity index (χ3n) is 2.76. The first-order valence-corrected chi connectivity index (χ1v) is 6.57. The first-order valence-electron chi connectivity index (χ1n) is 5.78. The molecule has 1 unspecified atom stereocenters. The van der Waals surface area contributed by atoms with Crippen LogP contribution in [0.4, 0.5) is 5.69 Å². The molecular formula is C16H14BrN. The Morgan fingerprint density at radius 2 is 1.94 bits per heavy atom. The Morgan fingerprint density at radius 1 is 1.17 bits per heavy atom. The molecule has 1 nitrogen and oxygen atoms in total. The van der Waals surface area contributed by atoms with Gasteiger partial charge in [-0.2, -0.15) is 0 Å². The summed E-state index contributed by atoms with van der Waals surface area (Å²) in [5.41, 5.74) is 3.16. The van der Waals surface area contributed by atoms with E-state index in [-0.39, 0.29) is 6.04 Å². The molecule has 0 saturated heterocycles. The predicted molar refractivity (Wildman–Crippen MR) is 80.6 cm³/mol. The van der Waals surface area contributed by atoms with Crippen LogP contribution in [0.15, 0.2) is 53.0 Å². The van der Waals surface area contributed by atoms with Gasteiger partial charge in [0.1, 0.15) is 0 Å². The van der Waals surface area contributed by atoms with E-state index in [4.69, 9.17) is 6.42 Å². The molecule has 2 heteroatoms. The van der Waals surface area contributed by atoms with Crippen LogP contribution in [0, 0.1) is 12.3 Å². The fourth-order valence-electron chi connectivity index (χ4n) is 1.81. The average molecular weight is 300 g/mol. The number of nitrogens with one attached hydrogen (secondary N) is 1. The van der Waals surface area contributed by atoms with Crippen LogP contribution in [-0.2, 0) is 0 Å². The number of benzene rings is 2. The van der Waals surface area contributed by atoms with Crippen molar-refractivity contribution in [2.24, 2.45) is 0 Å². The highest BCUT2D eigenvalue weighted by Crippen LogP contribution is 2.22. The maximum absolute atomic E-state index is 5.40. The van der Waals surface area contributed by atoms with Gasteiger partial charge in [0.05, 0.1) is 0 Å². The van der Waals surface area contributed by atoms with Crippen molar-refractivity contribution in [2.75, 3.05) is 5.32 Å². The minimum absolute atomic E-state index is 0.232. The molecule has 18 heavy (non-hydrogen) atoms. The minimum Gasteiger partial charge on any atom is -0.378 e. The lowest BCUT2D eigenvalue weighted by molar-refractivity contribution is 0.884. The van der Waals surface area contributed by atoms with Crippen molar-refractivity contribution in [3.05, 3.63) is 64.1 Å². The summed E-state index contributed by atoms with van der Waals surface area (Å²) >= 11 is 3.48. The molecule has 0 amide bonds. The minimum atomic E-state index is 0.232. The van der Waals surface area contributed by atoms with Crippen molar-refractivity contribution in [1.29, 1.82) is 0 Å². The van der Waals surface area contributed by atoms with Crippen molar-refractivity contribution in [3.8, 4) is 12.3 Å². The van der Waals surface area contributed by atoms with Crippen molar-refractivity contribution >= 4 is 21.6 Å². The Morgan fingerprint density at radius 3 is 2.67 bits per heavy atom. The topological polar surface area (TPSA) is 12.0 Å². The van der Waals surface area contributed by atoms with E-state index in [0.717, 1.165) is 15.7 Å². The summed E-state index contributed by atoms with van der Waals surface area (Å²) in [7, 11) is 0. The monoisotopic (exact) mass is 299 g/mol. The van der Waals surface area contributed by atoms with E-state index >= 15 is 0 Å². The second kappa shape index (κ2) is 5.75. The van der Waals surface area contributed by atoms with E-state index in [9.17, 15) is 0 Å². The molecule has 0 heterocycles. The van der Waals surface area contributed by atoms with E-state index in [1.165, 1.54) is 5.56 Å². The molecule has 2 aromatic rings. The molecule has 0 saturated carbocycles.